The fourth-order valence-electron chi connectivity index (χ4n) is 3.43. The summed E-state index contributed by atoms with van der Waals surface area (Å²) >= 11 is 0. The predicted octanol–water partition coefficient (Wildman–Crippen LogP) is 2.32. The number of nitro groups is 1. The zero-order valence-electron chi connectivity index (χ0n) is 10.4. The van der Waals surface area contributed by atoms with Crippen molar-refractivity contribution in [2.75, 3.05) is 13.1 Å². The normalized spacial score (nSPS) is 26.1. The second-order valence-electron chi connectivity index (χ2n) is 5.67. The summed E-state index contributed by atoms with van der Waals surface area (Å²) in [5, 5.41) is 11.2. The Morgan fingerprint density at radius 3 is 2.56 bits per heavy atom. The number of nitrogens with zero attached hydrogens (tertiary/aromatic N) is 2. The van der Waals surface area contributed by atoms with Crippen LogP contribution in [-0.2, 0) is 6.54 Å². The monoisotopic (exact) mass is 246 g/mol. The molecule has 0 aromatic heterocycles. The van der Waals surface area contributed by atoms with Crippen LogP contribution in [0.3, 0.4) is 0 Å². The highest BCUT2D eigenvalue weighted by Crippen LogP contribution is 2.49. The topological polar surface area (TPSA) is 46.4 Å². The zero-order valence-corrected chi connectivity index (χ0v) is 10.4. The van der Waals surface area contributed by atoms with Crippen LogP contribution in [0.2, 0.25) is 0 Å². The number of hydrogen-bond acceptors (Lipinski definition) is 3. The van der Waals surface area contributed by atoms with E-state index in [1.807, 2.05) is 18.2 Å². The molecule has 1 saturated heterocycles. The van der Waals surface area contributed by atoms with Gasteiger partial charge in [-0.1, -0.05) is 36.8 Å². The van der Waals surface area contributed by atoms with Gasteiger partial charge in [0.1, 0.15) is 0 Å². The fourth-order valence-corrected chi connectivity index (χ4v) is 3.43. The molecule has 18 heavy (non-hydrogen) atoms. The standard InChI is InChI=1S/C14H18N2O2/c17-16(18)13-10-15(11-14(13)7-4-8-14)9-12-5-2-1-3-6-12/h1-3,5-6,13H,4,7-11H2. The van der Waals surface area contributed by atoms with E-state index in [9.17, 15) is 10.1 Å². The maximum Gasteiger partial charge on any atom is 0.232 e. The largest absolute Gasteiger partial charge is 0.292 e. The summed E-state index contributed by atoms with van der Waals surface area (Å²) in [5.74, 6) is 0. The Balaban J connectivity index is 1.71. The van der Waals surface area contributed by atoms with E-state index in [4.69, 9.17) is 0 Å². The van der Waals surface area contributed by atoms with Crippen LogP contribution in [0.15, 0.2) is 30.3 Å². The van der Waals surface area contributed by atoms with Crippen molar-refractivity contribution in [1.29, 1.82) is 0 Å². The average Bonchev–Trinajstić information content (AvgIpc) is 2.70. The number of likely N-dealkylation sites (tertiary alicyclic amines) is 1. The fraction of sp³-hybridized carbons (Fsp3) is 0.571. The molecule has 1 heterocycles. The predicted molar refractivity (Wildman–Crippen MR) is 68.8 cm³/mol. The van der Waals surface area contributed by atoms with Crippen molar-refractivity contribution in [3.63, 3.8) is 0 Å². The minimum Gasteiger partial charge on any atom is -0.292 e. The third-order valence-corrected chi connectivity index (χ3v) is 4.53. The summed E-state index contributed by atoms with van der Waals surface area (Å²) in [7, 11) is 0. The van der Waals surface area contributed by atoms with Gasteiger partial charge in [-0.3, -0.25) is 15.0 Å². The molecule has 0 amide bonds. The first-order valence-corrected chi connectivity index (χ1v) is 6.59. The summed E-state index contributed by atoms with van der Waals surface area (Å²) in [5.41, 5.74) is 1.23. The van der Waals surface area contributed by atoms with E-state index in [1.54, 1.807) is 0 Å². The highest BCUT2D eigenvalue weighted by Gasteiger charge is 2.56. The molecule has 2 aliphatic rings. The van der Waals surface area contributed by atoms with Crippen LogP contribution in [0.1, 0.15) is 24.8 Å². The first-order valence-electron chi connectivity index (χ1n) is 6.59. The third-order valence-electron chi connectivity index (χ3n) is 4.53. The number of rotatable bonds is 3. The molecule has 1 spiro atoms. The van der Waals surface area contributed by atoms with E-state index in [1.165, 1.54) is 5.56 Å². The van der Waals surface area contributed by atoms with Crippen molar-refractivity contribution in [3.8, 4) is 0 Å². The Morgan fingerprint density at radius 2 is 2.06 bits per heavy atom. The van der Waals surface area contributed by atoms with Crippen molar-refractivity contribution >= 4 is 0 Å². The molecule has 3 rings (SSSR count). The van der Waals surface area contributed by atoms with Gasteiger partial charge in [-0.05, 0) is 18.4 Å². The van der Waals surface area contributed by atoms with Gasteiger partial charge >= 0.3 is 0 Å². The van der Waals surface area contributed by atoms with E-state index in [0.717, 1.165) is 32.4 Å². The summed E-state index contributed by atoms with van der Waals surface area (Å²) in [6.07, 6.45) is 3.22. The lowest BCUT2D eigenvalue weighted by Crippen LogP contribution is -2.44. The van der Waals surface area contributed by atoms with Gasteiger partial charge in [0.05, 0.1) is 12.0 Å². The van der Waals surface area contributed by atoms with Crippen LogP contribution >= 0.6 is 0 Å². The molecule has 1 saturated carbocycles. The average molecular weight is 246 g/mol. The molecule has 1 aromatic carbocycles. The van der Waals surface area contributed by atoms with Crippen molar-refractivity contribution in [2.24, 2.45) is 5.41 Å². The maximum atomic E-state index is 11.2. The first kappa shape index (κ1) is 11.7. The summed E-state index contributed by atoms with van der Waals surface area (Å²) in [6, 6.07) is 9.88. The SMILES string of the molecule is O=[N+]([O-])C1CN(Cc2ccccc2)CC12CCC2. The number of benzene rings is 1. The Kier molecular flexibility index (Phi) is 2.82. The minimum atomic E-state index is -0.352. The van der Waals surface area contributed by atoms with E-state index in [0.29, 0.717) is 6.54 Å². The van der Waals surface area contributed by atoms with E-state index >= 15 is 0 Å². The lowest BCUT2D eigenvalue weighted by atomic mass is 9.66. The minimum absolute atomic E-state index is 0.0156. The van der Waals surface area contributed by atoms with E-state index in [2.05, 4.69) is 17.0 Å². The van der Waals surface area contributed by atoms with Gasteiger partial charge in [0.2, 0.25) is 6.04 Å². The molecule has 4 heteroatoms. The van der Waals surface area contributed by atoms with Crippen LogP contribution in [0.4, 0.5) is 0 Å². The van der Waals surface area contributed by atoms with Crippen LogP contribution in [-0.4, -0.2) is 29.0 Å². The van der Waals surface area contributed by atoms with Gasteiger partial charge in [-0.2, -0.15) is 0 Å². The highest BCUT2D eigenvalue weighted by molar-refractivity contribution is 5.15. The highest BCUT2D eigenvalue weighted by atomic mass is 16.6. The van der Waals surface area contributed by atoms with E-state index < -0.39 is 0 Å². The molecule has 4 nitrogen and oxygen atoms in total. The lowest BCUT2D eigenvalue weighted by Gasteiger charge is -2.38. The Morgan fingerprint density at radius 1 is 1.33 bits per heavy atom. The second-order valence-corrected chi connectivity index (χ2v) is 5.67. The Bertz CT molecular complexity index is 442. The van der Waals surface area contributed by atoms with Crippen molar-refractivity contribution in [1.82, 2.24) is 4.90 Å². The lowest BCUT2D eigenvalue weighted by molar-refractivity contribution is -0.539. The van der Waals surface area contributed by atoms with Crippen molar-refractivity contribution < 1.29 is 4.92 Å². The van der Waals surface area contributed by atoms with Crippen molar-refractivity contribution in [2.45, 2.75) is 31.8 Å². The quantitative estimate of drug-likeness (QED) is 0.607. The zero-order chi connectivity index (χ0) is 12.6. The molecule has 2 fully saturated rings. The molecule has 0 radical (unpaired) electrons. The number of hydrogen-bond donors (Lipinski definition) is 0. The van der Waals surface area contributed by atoms with Crippen LogP contribution < -0.4 is 0 Å². The van der Waals surface area contributed by atoms with Gasteiger partial charge in [0, 0.05) is 18.0 Å². The molecule has 0 bridgehead atoms. The summed E-state index contributed by atoms with van der Waals surface area (Å²) in [6.45, 7) is 2.35. The molecule has 1 unspecified atom stereocenters. The molecule has 96 valence electrons. The Labute approximate surface area is 107 Å². The van der Waals surface area contributed by atoms with E-state index in [-0.39, 0.29) is 16.4 Å². The molecule has 1 aliphatic carbocycles. The summed E-state index contributed by atoms with van der Waals surface area (Å²) in [4.78, 5) is 13.4. The maximum absolute atomic E-state index is 11.2. The smallest absolute Gasteiger partial charge is 0.232 e. The molecule has 1 atom stereocenters. The second kappa shape index (κ2) is 4.35. The Hall–Kier alpha value is -1.42. The van der Waals surface area contributed by atoms with Gasteiger partial charge in [-0.15, -0.1) is 0 Å². The van der Waals surface area contributed by atoms with Crippen LogP contribution in [0.5, 0.6) is 0 Å². The molecular formula is C14H18N2O2. The first-order chi connectivity index (χ1) is 8.70. The molecule has 0 N–H and O–H groups in total. The molecule has 1 aliphatic heterocycles. The molecule has 1 aromatic rings. The van der Waals surface area contributed by atoms with Crippen molar-refractivity contribution in [3.05, 3.63) is 46.0 Å². The summed E-state index contributed by atoms with van der Waals surface area (Å²) < 4.78 is 0. The van der Waals surface area contributed by atoms with Gasteiger partial charge < -0.3 is 0 Å². The van der Waals surface area contributed by atoms with Gasteiger partial charge in [-0.25, -0.2) is 0 Å². The van der Waals surface area contributed by atoms with Crippen LogP contribution in [0.25, 0.3) is 0 Å². The van der Waals surface area contributed by atoms with Crippen LogP contribution in [0, 0.1) is 15.5 Å². The molecular weight excluding hydrogens is 228 g/mol. The van der Waals surface area contributed by atoms with Gasteiger partial charge in [0.15, 0.2) is 0 Å². The third kappa shape index (κ3) is 1.90. The van der Waals surface area contributed by atoms with Gasteiger partial charge in [0.25, 0.3) is 0 Å².